The number of hydrogen-bond acceptors (Lipinski definition) is 0. The summed E-state index contributed by atoms with van der Waals surface area (Å²) in [5.74, 6) is 1.09. The van der Waals surface area contributed by atoms with Crippen molar-refractivity contribution >= 4 is 31.1 Å². The van der Waals surface area contributed by atoms with Crippen molar-refractivity contribution in [3.05, 3.63) is 0 Å². The zero-order valence-electron chi connectivity index (χ0n) is 8.19. The summed E-state index contributed by atoms with van der Waals surface area (Å²) in [7, 11) is 0. The fourth-order valence-electron chi connectivity index (χ4n) is 2.17. The van der Waals surface area contributed by atoms with Crippen molar-refractivity contribution in [1.29, 1.82) is 0 Å². The first-order valence-corrected chi connectivity index (χ1v) is 10.1. The molecule has 0 aromatic heterocycles. The van der Waals surface area contributed by atoms with Gasteiger partial charge in [-0.05, 0) is 5.92 Å². The number of halogens is 1. The lowest BCUT2D eigenvalue weighted by Gasteiger charge is -2.27. The van der Waals surface area contributed by atoms with E-state index in [0.717, 1.165) is 9.97 Å². The minimum atomic E-state index is 0.139. The smallest absolute Gasteiger partial charge is 0.306 e. The Kier molecular flexibility index (Phi) is 6.29. The van der Waals surface area contributed by atoms with Crippen LogP contribution >= 0.6 is 12.9 Å². The van der Waals surface area contributed by atoms with Gasteiger partial charge in [0.1, 0.15) is 0 Å². The molecule has 2 heteroatoms. The van der Waals surface area contributed by atoms with Gasteiger partial charge >= 0.3 is 18.2 Å². The Bertz CT molecular complexity index is 108. The lowest BCUT2D eigenvalue weighted by atomic mass is 9.85. The lowest BCUT2D eigenvalue weighted by molar-refractivity contribution is 0.331. The Labute approximate surface area is 92.5 Å². The maximum Gasteiger partial charge on any atom is 0.471 e. The van der Waals surface area contributed by atoms with Crippen molar-refractivity contribution in [2.24, 2.45) is 5.92 Å². The van der Waals surface area contributed by atoms with Crippen LogP contribution in [0.2, 0.25) is 4.05 Å². The Morgan fingerprint density at radius 1 is 1.25 bits per heavy atom. The molecule has 0 bridgehead atoms. The minimum absolute atomic E-state index is 0.139. The number of rotatable bonds is 4. The van der Waals surface area contributed by atoms with Crippen LogP contribution in [0.5, 0.6) is 0 Å². The van der Waals surface area contributed by atoms with Gasteiger partial charge in [0.25, 0.3) is 0 Å². The van der Waals surface area contributed by atoms with Crippen LogP contribution in [0.4, 0.5) is 0 Å². The normalized spacial score (nSPS) is 29.8. The van der Waals surface area contributed by atoms with Crippen LogP contribution in [0.25, 0.3) is 0 Å². The molecule has 0 saturated heterocycles. The molecule has 0 spiro atoms. The minimum Gasteiger partial charge on any atom is -0.306 e. The summed E-state index contributed by atoms with van der Waals surface area (Å²) in [6.45, 7) is 2.30. The summed E-state index contributed by atoms with van der Waals surface area (Å²) >= 11 is 3.86. The first-order valence-electron chi connectivity index (χ1n) is 5.42. The van der Waals surface area contributed by atoms with E-state index in [0.29, 0.717) is 0 Å². The first-order chi connectivity index (χ1) is 5.86. The molecule has 0 radical (unpaired) electrons. The van der Waals surface area contributed by atoms with Crippen LogP contribution < -0.4 is 0 Å². The molecule has 1 aliphatic rings. The molecule has 1 saturated carbocycles. The second-order valence-corrected chi connectivity index (χ2v) is 7.59. The third-order valence-corrected chi connectivity index (χ3v) is 7.15. The van der Waals surface area contributed by atoms with Crippen molar-refractivity contribution in [1.82, 2.24) is 0 Å². The lowest BCUT2D eigenvalue weighted by Crippen LogP contribution is -2.12. The van der Waals surface area contributed by atoms with Gasteiger partial charge in [0.2, 0.25) is 0 Å². The molecule has 0 nitrogen and oxygen atoms in total. The van der Waals surface area contributed by atoms with Crippen LogP contribution in [-0.2, 0) is 0 Å². The topological polar surface area (TPSA) is 0 Å². The summed E-state index contributed by atoms with van der Waals surface area (Å²) in [6, 6.07) is 0. The van der Waals surface area contributed by atoms with Crippen molar-refractivity contribution in [3.63, 3.8) is 0 Å². The molecule has 0 unspecified atom stereocenters. The predicted molar refractivity (Wildman–Crippen MR) is 59.9 cm³/mol. The van der Waals surface area contributed by atoms with Crippen LogP contribution in [0.1, 0.15) is 51.9 Å². The second-order valence-electron chi connectivity index (χ2n) is 4.18. The van der Waals surface area contributed by atoms with Crippen molar-refractivity contribution in [3.8, 4) is 0 Å². The molecule has 1 rings (SSSR count). The molecule has 0 N–H and O–H groups in total. The van der Waals surface area contributed by atoms with E-state index in [1.807, 2.05) is 0 Å². The summed E-state index contributed by atoms with van der Waals surface area (Å²) < 4.78 is 1.13. The van der Waals surface area contributed by atoms with Crippen molar-refractivity contribution in [2.45, 2.75) is 55.9 Å². The van der Waals surface area contributed by atoms with Gasteiger partial charge in [-0.1, -0.05) is 51.9 Å². The van der Waals surface area contributed by atoms with Gasteiger partial charge in [0.15, 0.2) is 0 Å². The Morgan fingerprint density at radius 2 is 1.92 bits per heavy atom. The Hall–Kier alpha value is 1.25. The fraction of sp³-hybridized carbons (Fsp3) is 1.00. The highest BCUT2D eigenvalue weighted by atomic mass is 79.9. The van der Waals surface area contributed by atoms with Gasteiger partial charge < -0.3 is 12.9 Å². The highest BCUT2D eigenvalue weighted by Crippen LogP contribution is 2.35. The Morgan fingerprint density at radius 3 is 2.42 bits per heavy atom. The molecular weight excluding hydrogens is 224 g/mol. The van der Waals surface area contributed by atoms with Crippen LogP contribution in [-0.4, -0.2) is 18.2 Å². The van der Waals surface area contributed by atoms with E-state index in [-0.39, 0.29) is 18.2 Å². The average Bonchev–Trinajstić information content (AvgIpc) is 2.15. The fourth-order valence-corrected chi connectivity index (χ4v) is 4.89. The molecule has 1 fully saturated rings. The van der Waals surface area contributed by atoms with Gasteiger partial charge in [-0.2, -0.15) is 0 Å². The molecular formula is C10H19BrMg. The quantitative estimate of drug-likeness (QED) is 0.650. The SMILES string of the molecule is CCCCC1CC[CH]([Mg][Br])CC1. The second kappa shape index (κ2) is 6.66. The van der Waals surface area contributed by atoms with E-state index in [9.17, 15) is 0 Å². The van der Waals surface area contributed by atoms with Crippen molar-refractivity contribution in [2.75, 3.05) is 0 Å². The number of hydrogen-bond donors (Lipinski definition) is 0. The average molecular weight is 243 g/mol. The third kappa shape index (κ3) is 3.97. The maximum atomic E-state index is 3.72. The van der Waals surface area contributed by atoms with E-state index in [2.05, 4.69) is 19.8 Å². The van der Waals surface area contributed by atoms with Gasteiger partial charge in [0.05, 0.1) is 0 Å². The molecule has 1 aliphatic carbocycles. The van der Waals surface area contributed by atoms with E-state index in [1.165, 1.54) is 44.9 Å². The van der Waals surface area contributed by atoms with E-state index in [1.54, 1.807) is 0 Å². The summed E-state index contributed by atoms with van der Waals surface area (Å²) in [5.41, 5.74) is 0. The van der Waals surface area contributed by atoms with E-state index < -0.39 is 0 Å². The predicted octanol–water partition coefficient (Wildman–Crippen LogP) is 4.17. The summed E-state index contributed by atoms with van der Waals surface area (Å²) in [5, 5.41) is 0. The molecule has 0 aromatic carbocycles. The summed E-state index contributed by atoms with van der Waals surface area (Å²) in [4.78, 5) is 0. The maximum absolute atomic E-state index is 3.72. The number of unbranched alkanes of at least 4 members (excludes halogenated alkanes) is 1. The van der Waals surface area contributed by atoms with Gasteiger partial charge in [-0.25, -0.2) is 0 Å². The zero-order valence-corrected chi connectivity index (χ0v) is 11.2. The standard InChI is InChI=1S/C10H19.BrH.Mg/c1-2-3-7-10-8-5-4-6-9-10;;/h4,10H,2-3,5-9H2,1H3;1H;/q;;+1/p-1. The molecule has 68 valence electrons. The molecule has 12 heavy (non-hydrogen) atoms. The Balaban J connectivity index is 2.09. The van der Waals surface area contributed by atoms with Crippen LogP contribution in [0, 0.1) is 5.92 Å². The van der Waals surface area contributed by atoms with Crippen LogP contribution in [0.3, 0.4) is 0 Å². The van der Waals surface area contributed by atoms with Crippen molar-refractivity contribution < 1.29 is 0 Å². The molecule has 0 amide bonds. The molecule has 0 atom stereocenters. The van der Waals surface area contributed by atoms with Gasteiger partial charge in [0, 0.05) is 0 Å². The van der Waals surface area contributed by atoms with Crippen LogP contribution in [0.15, 0.2) is 0 Å². The third-order valence-electron chi connectivity index (χ3n) is 3.15. The molecule has 0 aliphatic heterocycles. The largest absolute Gasteiger partial charge is 0.471 e. The molecule has 0 heterocycles. The van der Waals surface area contributed by atoms with E-state index in [4.69, 9.17) is 0 Å². The first kappa shape index (κ1) is 11.3. The van der Waals surface area contributed by atoms with E-state index >= 15 is 0 Å². The monoisotopic (exact) mass is 242 g/mol. The summed E-state index contributed by atoms with van der Waals surface area (Å²) in [6.07, 6.45) is 10.5. The van der Waals surface area contributed by atoms with Gasteiger partial charge in [-0.3, -0.25) is 0 Å². The van der Waals surface area contributed by atoms with Gasteiger partial charge in [-0.15, -0.1) is 4.05 Å². The highest BCUT2D eigenvalue weighted by molar-refractivity contribution is 9.23. The zero-order chi connectivity index (χ0) is 8.81. The highest BCUT2D eigenvalue weighted by Gasteiger charge is 2.20. The molecule has 0 aromatic rings.